The number of benzene rings is 2. The van der Waals surface area contributed by atoms with Crippen molar-refractivity contribution in [1.29, 1.82) is 0 Å². The molecule has 0 radical (unpaired) electrons. The van der Waals surface area contributed by atoms with E-state index in [0.29, 0.717) is 16.3 Å². The van der Waals surface area contributed by atoms with E-state index in [1.807, 2.05) is 36.4 Å². The van der Waals surface area contributed by atoms with Crippen LogP contribution in [0.5, 0.6) is 5.75 Å². The Kier molecular flexibility index (Phi) is 5.89. The van der Waals surface area contributed by atoms with E-state index in [4.69, 9.17) is 16.3 Å². The maximum atomic E-state index is 13.3. The van der Waals surface area contributed by atoms with Gasteiger partial charge in [0.15, 0.2) is 0 Å². The lowest BCUT2D eigenvalue weighted by atomic mass is 10.2. The molecule has 0 fully saturated rings. The molecule has 4 rings (SSSR count). The second-order valence-corrected chi connectivity index (χ2v) is 8.59. The number of pyridine rings is 1. The van der Waals surface area contributed by atoms with Crippen LogP contribution in [0.4, 0.5) is 0 Å². The van der Waals surface area contributed by atoms with Crippen molar-refractivity contribution in [2.24, 2.45) is 5.10 Å². The number of ether oxygens (including phenoxy) is 1. The standard InChI is InChI=1S/C21H15BrClN3O2S/c1-28-18-5-3-2-4-17(18)21-26(20(27)14-10-15(22)12-24-11-14)25-19(29-21)13-6-8-16(23)9-7-13/h2-12,21H,1H3. The molecule has 0 saturated carbocycles. The highest BCUT2D eigenvalue weighted by molar-refractivity contribution is 9.10. The van der Waals surface area contributed by atoms with Crippen LogP contribution in [-0.2, 0) is 0 Å². The second-order valence-electron chi connectivity index (χ2n) is 6.17. The number of halogens is 2. The average Bonchev–Trinajstić information content (AvgIpc) is 3.19. The number of methoxy groups -OCH3 is 1. The Labute approximate surface area is 185 Å². The number of para-hydroxylation sites is 1. The van der Waals surface area contributed by atoms with Gasteiger partial charge in [0.1, 0.15) is 16.2 Å². The topological polar surface area (TPSA) is 54.8 Å². The molecule has 0 aliphatic carbocycles. The summed E-state index contributed by atoms with van der Waals surface area (Å²) >= 11 is 10.9. The number of aromatic nitrogens is 1. The van der Waals surface area contributed by atoms with Gasteiger partial charge in [-0.1, -0.05) is 53.7 Å². The average molecular weight is 489 g/mol. The lowest BCUT2D eigenvalue weighted by Gasteiger charge is -2.22. The van der Waals surface area contributed by atoms with Crippen molar-refractivity contribution in [3.8, 4) is 5.75 Å². The van der Waals surface area contributed by atoms with Crippen molar-refractivity contribution in [2.75, 3.05) is 7.11 Å². The molecule has 0 N–H and O–H groups in total. The Hall–Kier alpha value is -2.35. The molecular formula is C21H15BrClN3O2S. The molecular weight excluding hydrogens is 474 g/mol. The third-order valence-corrected chi connectivity index (χ3v) is 6.20. The first-order chi connectivity index (χ1) is 14.1. The number of rotatable bonds is 4. The van der Waals surface area contributed by atoms with Gasteiger partial charge in [0.2, 0.25) is 0 Å². The van der Waals surface area contributed by atoms with Crippen molar-refractivity contribution < 1.29 is 9.53 Å². The normalized spacial score (nSPS) is 15.9. The van der Waals surface area contributed by atoms with Gasteiger partial charge in [-0.3, -0.25) is 9.78 Å². The summed E-state index contributed by atoms with van der Waals surface area (Å²) in [7, 11) is 1.61. The molecule has 1 atom stereocenters. The van der Waals surface area contributed by atoms with Gasteiger partial charge in [-0.05, 0) is 40.2 Å². The lowest BCUT2D eigenvalue weighted by molar-refractivity contribution is 0.0747. The van der Waals surface area contributed by atoms with Gasteiger partial charge < -0.3 is 4.74 Å². The molecule has 1 unspecified atom stereocenters. The minimum Gasteiger partial charge on any atom is -0.496 e. The minimum atomic E-state index is -0.372. The Morgan fingerprint density at radius 1 is 1.17 bits per heavy atom. The molecule has 2 heterocycles. The third-order valence-electron chi connectivity index (χ3n) is 4.30. The van der Waals surface area contributed by atoms with Crippen LogP contribution in [0.25, 0.3) is 0 Å². The van der Waals surface area contributed by atoms with Crippen molar-refractivity contribution in [2.45, 2.75) is 5.37 Å². The van der Waals surface area contributed by atoms with Gasteiger partial charge in [0, 0.05) is 33.0 Å². The monoisotopic (exact) mass is 487 g/mol. The zero-order valence-electron chi connectivity index (χ0n) is 15.3. The molecule has 0 bridgehead atoms. The number of hydrogen-bond donors (Lipinski definition) is 0. The SMILES string of the molecule is COc1ccccc1C1SC(c2ccc(Cl)cc2)=NN1C(=O)c1cncc(Br)c1. The highest BCUT2D eigenvalue weighted by Gasteiger charge is 2.36. The molecule has 5 nitrogen and oxygen atoms in total. The zero-order valence-corrected chi connectivity index (χ0v) is 18.4. The summed E-state index contributed by atoms with van der Waals surface area (Å²) in [5, 5.41) is 7.13. The van der Waals surface area contributed by atoms with E-state index in [0.717, 1.165) is 20.6 Å². The summed E-state index contributed by atoms with van der Waals surface area (Å²) in [6.45, 7) is 0. The number of carbonyl (C=O) groups is 1. The van der Waals surface area contributed by atoms with Gasteiger partial charge in [0.25, 0.3) is 5.91 Å². The first kappa shape index (κ1) is 19.9. The number of amides is 1. The van der Waals surface area contributed by atoms with Gasteiger partial charge in [0.05, 0.1) is 12.7 Å². The second kappa shape index (κ2) is 8.57. The van der Waals surface area contributed by atoms with Crippen LogP contribution < -0.4 is 4.74 Å². The highest BCUT2D eigenvalue weighted by Crippen LogP contribution is 2.45. The number of thioether (sulfide) groups is 1. The largest absolute Gasteiger partial charge is 0.496 e. The fraction of sp³-hybridized carbons (Fsp3) is 0.0952. The molecule has 29 heavy (non-hydrogen) atoms. The first-order valence-electron chi connectivity index (χ1n) is 8.65. The molecule has 1 aromatic heterocycles. The van der Waals surface area contributed by atoms with E-state index in [-0.39, 0.29) is 11.3 Å². The number of carbonyl (C=O) groups excluding carboxylic acids is 1. The van der Waals surface area contributed by atoms with Gasteiger partial charge >= 0.3 is 0 Å². The third kappa shape index (κ3) is 4.17. The van der Waals surface area contributed by atoms with Crippen LogP contribution in [0.1, 0.15) is 26.9 Å². The van der Waals surface area contributed by atoms with E-state index in [1.54, 1.807) is 31.5 Å². The van der Waals surface area contributed by atoms with E-state index in [9.17, 15) is 4.79 Å². The van der Waals surface area contributed by atoms with E-state index in [1.165, 1.54) is 23.0 Å². The lowest BCUT2D eigenvalue weighted by Crippen LogP contribution is -2.26. The van der Waals surface area contributed by atoms with E-state index in [2.05, 4.69) is 26.0 Å². The van der Waals surface area contributed by atoms with Crippen LogP contribution >= 0.6 is 39.3 Å². The summed E-state index contributed by atoms with van der Waals surface area (Å²) in [5.41, 5.74) is 2.20. The van der Waals surface area contributed by atoms with Crippen LogP contribution in [0, 0.1) is 0 Å². The maximum Gasteiger partial charge on any atom is 0.277 e. The fourth-order valence-electron chi connectivity index (χ4n) is 2.93. The Morgan fingerprint density at radius 3 is 2.66 bits per heavy atom. The molecule has 146 valence electrons. The Balaban J connectivity index is 1.77. The quantitative estimate of drug-likeness (QED) is 0.469. The van der Waals surface area contributed by atoms with Crippen LogP contribution in [-0.4, -0.2) is 28.1 Å². The van der Waals surface area contributed by atoms with E-state index >= 15 is 0 Å². The number of nitrogens with zero attached hydrogens (tertiary/aromatic N) is 3. The fourth-order valence-corrected chi connectivity index (χ4v) is 4.60. The molecule has 1 aliphatic rings. The summed E-state index contributed by atoms with van der Waals surface area (Å²) in [6, 6.07) is 16.8. The van der Waals surface area contributed by atoms with E-state index < -0.39 is 0 Å². The first-order valence-corrected chi connectivity index (χ1v) is 10.7. The Bertz CT molecular complexity index is 1090. The zero-order chi connectivity index (χ0) is 20.4. The molecule has 3 aromatic rings. The van der Waals surface area contributed by atoms with Crippen LogP contribution in [0.2, 0.25) is 5.02 Å². The molecule has 8 heteroatoms. The molecule has 1 aliphatic heterocycles. The number of hydrogen-bond acceptors (Lipinski definition) is 5. The predicted molar refractivity (Wildman–Crippen MR) is 119 cm³/mol. The van der Waals surface area contributed by atoms with Crippen molar-refractivity contribution in [3.63, 3.8) is 0 Å². The maximum absolute atomic E-state index is 13.3. The van der Waals surface area contributed by atoms with Crippen molar-refractivity contribution in [3.05, 3.63) is 93.2 Å². The van der Waals surface area contributed by atoms with Crippen LogP contribution in [0.15, 0.2) is 76.6 Å². The number of hydrazone groups is 1. The van der Waals surface area contributed by atoms with Crippen LogP contribution in [0.3, 0.4) is 0 Å². The van der Waals surface area contributed by atoms with Crippen molar-refractivity contribution >= 4 is 50.2 Å². The van der Waals surface area contributed by atoms with Gasteiger partial charge in [-0.15, -0.1) is 0 Å². The Morgan fingerprint density at radius 2 is 1.93 bits per heavy atom. The summed E-state index contributed by atoms with van der Waals surface area (Å²) in [4.78, 5) is 17.4. The molecule has 0 spiro atoms. The smallest absolute Gasteiger partial charge is 0.277 e. The molecule has 2 aromatic carbocycles. The summed E-state index contributed by atoms with van der Waals surface area (Å²) in [5.74, 6) is 0.453. The molecule has 1 amide bonds. The summed E-state index contributed by atoms with van der Waals surface area (Å²) in [6.07, 6.45) is 3.17. The summed E-state index contributed by atoms with van der Waals surface area (Å²) < 4.78 is 6.26. The molecule has 0 saturated heterocycles. The minimum absolute atomic E-state index is 0.244. The van der Waals surface area contributed by atoms with Crippen molar-refractivity contribution in [1.82, 2.24) is 9.99 Å². The van der Waals surface area contributed by atoms with Gasteiger partial charge in [-0.25, -0.2) is 5.01 Å². The predicted octanol–water partition coefficient (Wildman–Crippen LogP) is 5.76. The van der Waals surface area contributed by atoms with Gasteiger partial charge in [-0.2, -0.15) is 5.10 Å². The highest BCUT2D eigenvalue weighted by atomic mass is 79.9.